The van der Waals surface area contributed by atoms with Crippen LogP contribution in [-0.2, 0) is 4.79 Å². The Hall–Kier alpha value is -1.62. The molecule has 2 heterocycles. The molecule has 0 saturated heterocycles. The van der Waals surface area contributed by atoms with Crippen LogP contribution in [0.5, 0.6) is 0 Å². The summed E-state index contributed by atoms with van der Waals surface area (Å²) in [6.07, 6.45) is 0. The average Bonchev–Trinajstić information content (AvgIpc) is 3.23. The summed E-state index contributed by atoms with van der Waals surface area (Å²) in [6, 6.07) is 7.19. The van der Waals surface area contributed by atoms with Crippen molar-refractivity contribution in [1.82, 2.24) is 20.4 Å². The summed E-state index contributed by atoms with van der Waals surface area (Å²) < 4.78 is 6.36. The van der Waals surface area contributed by atoms with Crippen LogP contribution in [0.3, 0.4) is 0 Å². The fourth-order valence-electron chi connectivity index (χ4n) is 1.74. The zero-order chi connectivity index (χ0) is 17.6. The minimum Gasteiger partial charge on any atom is -0.411 e. The molecule has 7 nitrogen and oxygen atoms in total. The fraction of sp³-hybridized carbons (Fsp3) is 0.214. The van der Waals surface area contributed by atoms with E-state index >= 15 is 0 Å². The van der Waals surface area contributed by atoms with E-state index in [1.807, 2.05) is 19.1 Å². The van der Waals surface area contributed by atoms with Crippen LogP contribution in [0.25, 0.3) is 11.5 Å². The van der Waals surface area contributed by atoms with E-state index < -0.39 is 0 Å². The van der Waals surface area contributed by atoms with Gasteiger partial charge >= 0.3 is 0 Å². The molecule has 0 unspecified atom stereocenters. The van der Waals surface area contributed by atoms with Crippen molar-refractivity contribution in [3.8, 4) is 11.5 Å². The number of amides is 1. The van der Waals surface area contributed by atoms with Gasteiger partial charge in [-0.2, -0.15) is 0 Å². The van der Waals surface area contributed by atoms with Gasteiger partial charge in [0.15, 0.2) is 4.34 Å². The number of hydrogen-bond donors (Lipinski definition) is 1. The molecule has 130 valence electrons. The summed E-state index contributed by atoms with van der Waals surface area (Å²) in [4.78, 5) is 12.0. The molecule has 0 atom stereocenters. The highest BCUT2D eigenvalue weighted by Crippen LogP contribution is 2.29. The lowest BCUT2D eigenvalue weighted by Gasteiger charge is -1.98. The number of nitrogens with one attached hydrogen (secondary N) is 1. The first-order valence-electron chi connectivity index (χ1n) is 7.13. The highest BCUT2D eigenvalue weighted by atomic mass is 35.5. The average molecular weight is 414 g/mol. The highest BCUT2D eigenvalue weighted by molar-refractivity contribution is 8.01. The van der Waals surface area contributed by atoms with Crippen molar-refractivity contribution < 1.29 is 9.21 Å². The summed E-state index contributed by atoms with van der Waals surface area (Å²) in [7, 11) is 0. The summed E-state index contributed by atoms with van der Waals surface area (Å²) in [5.41, 5.74) is 0.655. The number of aromatic nitrogens is 4. The third kappa shape index (κ3) is 4.94. The monoisotopic (exact) mass is 413 g/mol. The van der Waals surface area contributed by atoms with Gasteiger partial charge in [0.25, 0.3) is 5.22 Å². The molecule has 0 aliphatic heterocycles. The van der Waals surface area contributed by atoms with Gasteiger partial charge in [-0.1, -0.05) is 65.5 Å². The SMILES string of the molecule is CCSc1nnc(NC(=O)CSc2nnc(-c3ccccc3Cl)o2)s1. The highest BCUT2D eigenvalue weighted by Gasteiger charge is 2.14. The van der Waals surface area contributed by atoms with Gasteiger partial charge in [-0.15, -0.1) is 20.4 Å². The zero-order valence-electron chi connectivity index (χ0n) is 12.9. The van der Waals surface area contributed by atoms with Crippen LogP contribution >= 0.6 is 46.5 Å². The minimum atomic E-state index is -0.216. The Bertz CT molecular complexity index is 870. The molecule has 25 heavy (non-hydrogen) atoms. The van der Waals surface area contributed by atoms with Gasteiger partial charge < -0.3 is 4.42 Å². The van der Waals surface area contributed by atoms with Crippen molar-refractivity contribution in [3.63, 3.8) is 0 Å². The molecule has 0 aliphatic rings. The number of benzene rings is 1. The molecule has 0 radical (unpaired) electrons. The molecular weight excluding hydrogens is 402 g/mol. The van der Waals surface area contributed by atoms with Crippen LogP contribution in [0.15, 0.2) is 38.2 Å². The maximum absolute atomic E-state index is 12.0. The molecule has 2 aromatic heterocycles. The van der Waals surface area contributed by atoms with Crippen LogP contribution in [-0.4, -0.2) is 37.8 Å². The molecule has 0 aliphatic carbocycles. The van der Waals surface area contributed by atoms with Gasteiger partial charge in [-0.3, -0.25) is 10.1 Å². The van der Waals surface area contributed by atoms with Gasteiger partial charge in [0.05, 0.1) is 16.3 Å². The quantitative estimate of drug-likeness (QED) is 0.457. The molecule has 11 heteroatoms. The van der Waals surface area contributed by atoms with E-state index in [9.17, 15) is 4.79 Å². The largest absolute Gasteiger partial charge is 0.411 e. The first-order chi connectivity index (χ1) is 12.2. The second-order valence-electron chi connectivity index (χ2n) is 4.50. The van der Waals surface area contributed by atoms with Crippen molar-refractivity contribution >= 4 is 57.5 Å². The second kappa shape index (κ2) is 8.65. The Morgan fingerprint density at radius 2 is 2.08 bits per heavy atom. The third-order valence-corrected chi connectivity index (χ3v) is 5.76. The molecule has 0 saturated carbocycles. The van der Waals surface area contributed by atoms with Gasteiger partial charge in [0.1, 0.15) is 0 Å². The first-order valence-corrected chi connectivity index (χ1v) is 10.3. The Balaban J connectivity index is 1.55. The fourth-order valence-corrected chi connectivity index (χ4v) is 4.18. The van der Waals surface area contributed by atoms with E-state index in [1.54, 1.807) is 23.9 Å². The maximum Gasteiger partial charge on any atom is 0.277 e. The van der Waals surface area contributed by atoms with Crippen molar-refractivity contribution in [2.45, 2.75) is 16.5 Å². The molecular formula is C14H12ClN5O2S3. The van der Waals surface area contributed by atoms with Gasteiger partial charge in [0, 0.05) is 0 Å². The van der Waals surface area contributed by atoms with Gasteiger partial charge in [0.2, 0.25) is 16.9 Å². The number of halogens is 1. The topological polar surface area (TPSA) is 93.8 Å². The van der Waals surface area contributed by atoms with E-state index in [2.05, 4.69) is 25.7 Å². The minimum absolute atomic E-state index is 0.125. The number of carbonyl (C=O) groups is 1. The number of thioether (sulfide) groups is 2. The Labute approximate surface area is 161 Å². The smallest absolute Gasteiger partial charge is 0.277 e. The number of carbonyl (C=O) groups excluding carboxylic acids is 1. The van der Waals surface area contributed by atoms with E-state index in [4.69, 9.17) is 16.0 Å². The van der Waals surface area contributed by atoms with Gasteiger partial charge in [-0.05, 0) is 17.9 Å². The number of hydrogen-bond acceptors (Lipinski definition) is 9. The predicted octanol–water partition coefficient (Wildman–Crippen LogP) is 4.08. The van der Waals surface area contributed by atoms with E-state index in [0.29, 0.717) is 26.8 Å². The summed E-state index contributed by atoms with van der Waals surface area (Å²) >= 11 is 10.2. The first kappa shape index (κ1) is 18.2. The molecule has 0 bridgehead atoms. The molecule has 0 fully saturated rings. The van der Waals surface area contributed by atoms with Crippen molar-refractivity contribution in [3.05, 3.63) is 29.3 Å². The van der Waals surface area contributed by atoms with Crippen molar-refractivity contribution in [2.24, 2.45) is 0 Å². The van der Waals surface area contributed by atoms with Crippen LogP contribution in [0.2, 0.25) is 5.02 Å². The van der Waals surface area contributed by atoms with E-state index in [0.717, 1.165) is 21.9 Å². The maximum atomic E-state index is 12.0. The van der Waals surface area contributed by atoms with E-state index in [1.165, 1.54) is 11.3 Å². The zero-order valence-corrected chi connectivity index (χ0v) is 16.1. The Morgan fingerprint density at radius 3 is 2.88 bits per heavy atom. The molecule has 3 rings (SSSR count). The van der Waals surface area contributed by atoms with Crippen LogP contribution in [0.4, 0.5) is 5.13 Å². The second-order valence-corrected chi connectivity index (χ2v) is 8.32. The molecule has 0 spiro atoms. The van der Waals surface area contributed by atoms with Crippen molar-refractivity contribution in [2.75, 3.05) is 16.8 Å². The third-order valence-electron chi connectivity index (χ3n) is 2.76. The lowest BCUT2D eigenvalue weighted by molar-refractivity contribution is -0.113. The molecule has 1 aromatic carbocycles. The van der Waals surface area contributed by atoms with Crippen LogP contribution < -0.4 is 5.32 Å². The standard InChI is InChI=1S/C14H12ClN5O2S3/c1-2-23-14-20-18-12(25-14)16-10(21)7-24-13-19-17-11(22-13)8-5-3-4-6-9(8)15/h3-6H,2,7H2,1H3,(H,16,18,21). The van der Waals surface area contributed by atoms with Gasteiger partial charge in [-0.25, -0.2) is 0 Å². The van der Waals surface area contributed by atoms with Crippen molar-refractivity contribution in [1.29, 1.82) is 0 Å². The molecule has 1 N–H and O–H groups in total. The van der Waals surface area contributed by atoms with Crippen LogP contribution in [0.1, 0.15) is 6.92 Å². The molecule has 1 amide bonds. The Kier molecular flexibility index (Phi) is 6.29. The number of anilines is 1. The lowest BCUT2D eigenvalue weighted by Crippen LogP contribution is -2.13. The predicted molar refractivity (Wildman–Crippen MR) is 100 cm³/mol. The Morgan fingerprint density at radius 1 is 1.24 bits per heavy atom. The summed E-state index contributed by atoms with van der Waals surface area (Å²) in [5, 5.41) is 19.8. The summed E-state index contributed by atoms with van der Waals surface area (Å²) in [5.74, 6) is 1.13. The number of rotatable bonds is 7. The number of nitrogens with zero attached hydrogens (tertiary/aromatic N) is 4. The normalized spacial score (nSPS) is 10.8. The van der Waals surface area contributed by atoms with Crippen LogP contribution in [0, 0.1) is 0 Å². The van der Waals surface area contributed by atoms with E-state index in [-0.39, 0.29) is 11.7 Å². The summed E-state index contributed by atoms with van der Waals surface area (Å²) in [6.45, 7) is 2.03. The lowest BCUT2D eigenvalue weighted by atomic mass is 10.2. The molecule has 3 aromatic rings.